The molecule has 0 saturated heterocycles. The molecule has 10 heteroatoms. The van der Waals surface area contributed by atoms with Crippen LogP contribution in [0.2, 0.25) is 0 Å². The van der Waals surface area contributed by atoms with E-state index in [9.17, 15) is 26.8 Å². The molecule has 7 nitrogen and oxygen atoms in total. The molecule has 0 radical (unpaired) electrons. The Morgan fingerprint density at radius 2 is 1.27 bits per heavy atom. The van der Waals surface area contributed by atoms with Crippen molar-refractivity contribution in [2.24, 2.45) is 0 Å². The fourth-order valence-corrected chi connectivity index (χ4v) is 3.91. The summed E-state index contributed by atoms with van der Waals surface area (Å²) < 4.78 is 52.9. The fraction of sp³-hybridized carbons (Fsp3) is 0.130. The summed E-state index contributed by atoms with van der Waals surface area (Å²) in [5.41, 5.74) is 1.22. The summed E-state index contributed by atoms with van der Waals surface area (Å²) in [6.07, 6.45) is 0.101. The van der Waals surface area contributed by atoms with Crippen LogP contribution in [0.5, 0.6) is 0 Å². The first kappa shape index (κ1) is 23.9. The van der Waals surface area contributed by atoms with Crippen LogP contribution in [-0.4, -0.2) is 33.3 Å². The van der Waals surface area contributed by atoms with E-state index in [0.717, 1.165) is 24.3 Å². The average molecular weight is 474 g/mol. The zero-order chi connectivity index (χ0) is 23.8. The molecule has 0 aliphatic carbocycles. The number of rotatable bonds is 9. The van der Waals surface area contributed by atoms with Crippen molar-refractivity contribution in [2.75, 3.05) is 17.8 Å². The van der Waals surface area contributed by atoms with Crippen molar-refractivity contribution in [3.8, 4) is 0 Å². The summed E-state index contributed by atoms with van der Waals surface area (Å²) in [6, 6.07) is 15.8. The number of hydrogen-bond donors (Lipinski definition) is 3. The van der Waals surface area contributed by atoms with Crippen molar-refractivity contribution in [1.82, 2.24) is 10.6 Å². The van der Waals surface area contributed by atoms with Crippen LogP contribution in [0.3, 0.4) is 0 Å². The van der Waals surface area contributed by atoms with Gasteiger partial charge in [-0.05, 0) is 66.2 Å². The molecule has 3 aromatic rings. The summed E-state index contributed by atoms with van der Waals surface area (Å²) in [6.45, 7) is 0.397. The van der Waals surface area contributed by atoms with E-state index in [0.29, 0.717) is 11.1 Å². The first-order chi connectivity index (χ1) is 15.7. The average Bonchev–Trinajstić information content (AvgIpc) is 2.79. The first-order valence-corrected chi connectivity index (χ1v) is 11.4. The molecule has 0 aliphatic heterocycles. The minimum Gasteiger partial charge on any atom is -0.354 e. The molecule has 0 spiro atoms. The summed E-state index contributed by atoms with van der Waals surface area (Å²) in [5.74, 6) is -1.57. The zero-order valence-corrected chi connectivity index (χ0v) is 18.2. The van der Waals surface area contributed by atoms with Crippen molar-refractivity contribution in [1.29, 1.82) is 0 Å². The second kappa shape index (κ2) is 10.7. The van der Waals surface area contributed by atoms with E-state index in [1.807, 2.05) is 0 Å². The van der Waals surface area contributed by atoms with E-state index >= 15 is 0 Å². The van der Waals surface area contributed by atoms with E-state index in [1.54, 1.807) is 0 Å². The van der Waals surface area contributed by atoms with E-state index < -0.39 is 21.7 Å². The monoisotopic (exact) mass is 473 g/mol. The highest BCUT2D eigenvalue weighted by molar-refractivity contribution is 7.92. The van der Waals surface area contributed by atoms with Gasteiger partial charge in [-0.25, -0.2) is 17.2 Å². The lowest BCUT2D eigenvalue weighted by Crippen LogP contribution is -2.35. The Labute approximate surface area is 189 Å². The number of anilines is 1. The number of carbonyl (C=O) groups is 2. The highest BCUT2D eigenvalue weighted by Crippen LogP contribution is 2.17. The molecule has 0 heterocycles. The summed E-state index contributed by atoms with van der Waals surface area (Å²) >= 11 is 0. The molecular formula is C23H21F2N3O4S. The first-order valence-electron chi connectivity index (χ1n) is 9.91. The topological polar surface area (TPSA) is 104 Å². The van der Waals surface area contributed by atoms with Crippen molar-refractivity contribution >= 4 is 27.5 Å². The van der Waals surface area contributed by atoms with Crippen LogP contribution in [0.15, 0.2) is 77.7 Å². The maximum absolute atomic E-state index is 13.0. The molecule has 0 aliphatic rings. The number of carbonyl (C=O) groups excluding carboxylic acids is 2. The molecule has 33 heavy (non-hydrogen) atoms. The predicted molar refractivity (Wildman–Crippen MR) is 119 cm³/mol. The van der Waals surface area contributed by atoms with Gasteiger partial charge in [0.25, 0.3) is 15.9 Å². The Morgan fingerprint density at radius 3 is 1.88 bits per heavy atom. The maximum atomic E-state index is 13.0. The zero-order valence-electron chi connectivity index (χ0n) is 17.3. The van der Waals surface area contributed by atoms with Crippen LogP contribution < -0.4 is 15.4 Å². The molecular weight excluding hydrogens is 452 g/mol. The predicted octanol–water partition coefficient (Wildman–Crippen LogP) is 2.85. The number of halogens is 2. The second-order valence-electron chi connectivity index (χ2n) is 7.05. The fourth-order valence-electron chi connectivity index (χ4n) is 2.85. The van der Waals surface area contributed by atoms with Crippen molar-refractivity contribution in [2.45, 2.75) is 11.3 Å². The molecule has 3 N–H and O–H groups in total. The third kappa shape index (κ3) is 7.11. The molecule has 0 saturated carbocycles. The largest absolute Gasteiger partial charge is 0.354 e. The molecule has 0 aromatic heterocycles. The van der Waals surface area contributed by atoms with E-state index in [2.05, 4.69) is 15.4 Å². The molecule has 3 aromatic carbocycles. The minimum absolute atomic E-state index is 0.0906. The number of nitrogens with one attached hydrogen (secondary N) is 3. The normalized spacial score (nSPS) is 11.0. The van der Waals surface area contributed by atoms with Crippen LogP contribution in [0, 0.1) is 11.6 Å². The van der Waals surface area contributed by atoms with Gasteiger partial charge in [-0.1, -0.05) is 12.1 Å². The highest BCUT2D eigenvalue weighted by Gasteiger charge is 2.14. The molecule has 0 bridgehead atoms. The lowest BCUT2D eigenvalue weighted by Gasteiger charge is -2.10. The molecule has 172 valence electrons. The van der Waals surface area contributed by atoms with E-state index in [1.165, 1.54) is 48.5 Å². The summed E-state index contributed by atoms with van der Waals surface area (Å²) in [5, 5.41) is 5.31. The molecule has 0 fully saturated rings. The standard InChI is InChI=1S/C23H21F2N3O4S/c24-18-5-1-16(2-6-18)15-22(29)26-13-14-27-23(30)17-3-9-20(10-4-17)28-33(31,32)21-11-7-19(25)8-12-21/h1-12,28H,13-15H2,(H,26,29)(H,27,30). The Hall–Kier alpha value is -3.79. The van der Waals surface area contributed by atoms with Gasteiger partial charge in [-0.3, -0.25) is 14.3 Å². The van der Waals surface area contributed by atoms with Gasteiger partial charge in [0.15, 0.2) is 0 Å². The molecule has 3 rings (SSSR count). The Bertz CT molecular complexity index is 1210. The van der Waals surface area contributed by atoms with Gasteiger partial charge in [0.1, 0.15) is 11.6 Å². The van der Waals surface area contributed by atoms with Gasteiger partial charge < -0.3 is 10.6 Å². The quantitative estimate of drug-likeness (QED) is 0.416. The third-order valence-corrected chi connectivity index (χ3v) is 5.93. The molecule has 0 atom stereocenters. The van der Waals surface area contributed by atoms with Crippen molar-refractivity contribution < 1.29 is 26.8 Å². The lowest BCUT2D eigenvalue weighted by atomic mass is 10.1. The van der Waals surface area contributed by atoms with Crippen molar-refractivity contribution in [3.63, 3.8) is 0 Å². The van der Waals surface area contributed by atoms with Gasteiger partial charge >= 0.3 is 0 Å². The Morgan fingerprint density at radius 1 is 0.727 bits per heavy atom. The second-order valence-corrected chi connectivity index (χ2v) is 8.73. The van der Waals surface area contributed by atoms with Crippen molar-refractivity contribution in [3.05, 3.63) is 95.6 Å². The molecule has 2 amide bonds. The van der Waals surface area contributed by atoms with Gasteiger partial charge in [-0.15, -0.1) is 0 Å². The van der Waals surface area contributed by atoms with Crippen LogP contribution >= 0.6 is 0 Å². The SMILES string of the molecule is O=C(Cc1ccc(F)cc1)NCCNC(=O)c1ccc(NS(=O)(=O)c2ccc(F)cc2)cc1. The number of sulfonamides is 1. The lowest BCUT2D eigenvalue weighted by molar-refractivity contribution is -0.120. The van der Waals surface area contributed by atoms with Gasteiger partial charge in [0.05, 0.1) is 11.3 Å². The number of hydrogen-bond acceptors (Lipinski definition) is 4. The van der Waals surface area contributed by atoms with Gasteiger partial charge in [0.2, 0.25) is 5.91 Å². The third-order valence-electron chi connectivity index (χ3n) is 4.53. The van der Waals surface area contributed by atoms with Gasteiger partial charge in [-0.2, -0.15) is 0 Å². The van der Waals surface area contributed by atoms with Crippen LogP contribution in [0.4, 0.5) is 14.5 Å². The van der Waals surface area contributed by atoms with Crippen LogP contribution in [0.25, 0.3) is 0 Å². The van der Waals surface area contributed by atoms with E-state index in [-0.39, 0.29) is 41.8 Å². The highest BCUT2D eigenvalue weighted by atomic mass is 32.2. The number of amides is 2. The Balaban J connectivity index is 1.44. The summed E-state index contributed by atoms with van der Waals surface area (Å²) in [7, 11) is -3.89. The number of benzene rings is 3. The smallest absolute Gasteiger partial charge is 0.261 e. The minimum atomic E-state index is -3.89. The van der Waals surface area contributed by atoms with Crippen LogP contribution in [0.1, 0.15) is 15.9 Å². The van der Waals surface area contributed by atoms with Gasteiger partial charge in [0, 0.05) is 24.3 Å². The Kier molecular flexibility index (Phi) is 7.73. The van der Waals surface area contributed by atoms with E-state index in [4.69, 9.17) is 0 Å². The molecule has 0 unspecified atom stereocenters. The van der Waals surface area contributed by atoms with Crippen LogP contribution in [-0.2, 0) is 21.2 Å². The maximum Gasteiger partial charge on any atom is 0.261 e. The summed E-state index contributed by atoms with van der Waals surface area (Å²) in [4.78, 5) is 24.0.